The molecule has 17 heavy (non-hydrogen) atoms. The molecule has 1 saturated carbocycles. The van der Waals surface area contributed by atoms with E-state index in [1.807, 2.05) is 0 Å². The monoisotopic (exact) mass is 229 g/mol. The highest BCUT2D eigenvalue weighted by atomic mass is 15.2. The SMILES string of the molecule is C=C1CC1N(C)CCc1ccc(CCC)cc1. The Hall–Kier alpha value is -1.08. The van der Waals surface area contributed by atoms with Crippen molar-refractivity contribution < 1.29 is 0 Å². The van der Waals surface area contributed by atoms with E-state index in [2.05, 4.69) is 49.7 Å². The van der Waals surface area contributed by atoms with Crippen molar-refractivity contribution in [1.82, 2.24) is 4.90 Å². The first-order valence-electron chi connectivity index (χ1n) is 6.66. The van der Waals surface area contributed by atoms with Gasteiger partial charge in [-0.1, -0.05) is 49.8 Å². The minimum absolute atomic E-state index is 0.661. The lowest BCUT2D eigenvalue weighted by Crippen LogP contribution is -2.23. The summed E-state index contributed by atoms with van der Waals surface area (Å²) < 4.78 is 0. The van der Waals surface area contributed by atoms with E-state index in [4.69, 9.17) is 0 Å². The van der Waals surface area contributed by atoms with Crippen molar-refractivity contribution in [3.63, 3.8) is 0 Å². The molecule has 2 rings (SSSR count). The van der Waals surface area contributed by atoms with Crippen molar-refractivity contribution in [1.29, 1.82) is 0 Å². The largest absolute Gasteiger partial charge is 0.299 e. The Labute approximate surface area is 105 Å². The predicted molar refractivity (Wildman–Crippen MR) is 74.3 cm³/mol. The number of likely N-dealkylation sites (N-methyl/N-ethyl adjacent to an activating group) is 1. The van der Waals surface area contributed by atoms with E-state index in [1.54, 1.807) is 0 Å². The number of aryl methyl sites for hydroxylation is 1. The van der Waals surface area contributed by atoms with Crippen LogP contribution in [0.15, 0.2) is 36.4 Å². The van der Waals surface area contributed by atoms with Gasteiger partial charge in [-0.15, -0.1) is 0 Å². The van der Waals surface area contributed by atoms with Crippen LogP contribution in [0.1, 0.15) is 30.9 Å². The van der Waals surface area contributed by atoms with E-state index >= 15 is 0 Å². The van der Waals surface area contributed by atoms with E-state index in [1.165, 1.54) is 36.0 Å². The third-order valence-electron chi connectivity index (χ3n) is 3.61. The highest BCUT2D eigenvalue weighted by Gasteiger charge is 2.30. The number of hydrogen-bond donors (Lipinski definition) is 0. The van der Waals surface area contributed by atoms with E-state index in [0.717, 1.165) is 13.0 Å². The number of rotatable bonds is 6. The molecule has 1 fully saturated rings. The van der Waals surface area contributed by atoms with Crippen molar-refractivity contribution in [2.45, 2.75) is 38.6 Å². The average molecular weight is 229 g/mol. The van der Waals surface area contributed by atoms with Gasteiger partial charge in [0.05, 0.1) is 0 Å². The van der Waals surface area contributed by atoms with Crippen LogP contribution in [-0.4, -0.2) is 24.5 Å². The van der Waals surface area contributed by atoms with Gasteiger partial charge in [-0.25, -0.2) is 0 Å². The fourth-order valence-corrected chi connectivity index (χ4v) is 2.28. The van der Waals surface area contributed by atoms with Crippen LogP contribution in [0.2, 0.25) is 0 Å². The van der Waals surface area contributed by atoms with Crippen molar-refractivity contribution in [2.24, 2.45) is 0 Å². The highest BCUT2D eigenvalue weighted by molar-refractivity contribution is 5.26. The zero-order valence-electron chi connectivity index (χ0n) is 11.1. The molecule has 1 aliphatic carbocycles. The van der Waals surface area contributed by atoms with Crippen molar-refractivity contribution >= 4 is 0 Å². The molecule has 0 bridgehead atoms. The van der Waals surface area contributed by atoms with Crippen LogP contribution in [0.4, 0.5) is 0 Å². The first-order valence-corrected chi connectivity index (χ1v) is 6.66. The van der Waals surface area contributed by atoms with Crippen LogP contribution in [0.25, 0.3) is 0 Å². The van der Waals surface area contributed by atoms with Gasteiger partial charge in [0.25, 0.3) is 0 Å². The third kappa shape index (κ3) is 3.44. The van der Waals surface area contributed by atoms with Crippen LogP contribution in [-0.2, 0) is 12.8 Å². The zero-order valence-corrected chi connectivity index (χ0v) is 11.1. The van der Waals surface area contributed by atoms with Gasteiger partial charge in [-0.05, 0) is 37.4 Å². The molecule has 1 nitrogen and oxygen atoms in total. The summed E-state index contributed by atoms with van der Waals surface area (Å²) in [6, 6.07) is 9.76. The molecule has 0 spiro atoms. The topological polar surface area (TPSA) is 3.24 Å². The van der Waals surface area contributed by atoms with Gasteiger partial charge in [0.1, 0.15) is 0 Å². The molecule has 92 valence electrons. The fraction of sp³-hybridized carbons (Fsp3) is 0.500. The molecule has 1 unspecified atom stereocenters. The molecule has 0 aliphatic heterocycles. The van der Waals surface area contributed by atoms with Crippen molar-refractivity contribution in [2.75, 3.05) is 13.6 Å². The van der Waals surface area contributed by atoms with E-state index in [-0.39, 0.29) is 0 Å². The average Bonchev–Trinajstić information content (AvgIpc) is 3.06. The van der Waals surface area contributed by atoms with Gasteiger partial charge in [-0.3, -0.25) is 4.90 Å². The van der Waals surface area contributed by atoms with Crippen LogP contribution in [0.5, 0.6) is 0 Å². The predicted octanol–water partition coefficient (Wildman–Crippen LogP) is 3.44. The van der Waals surface area contributed by atoms with Crippen LogP contribution < -0.4 is 0 Å². The van der Waals surface area contributed by atoms with Gasteiger partial charge < -0.3 is 0 Å². The van der Waals surface area contributed by atoms with Crippen molar-refractivity contribution in [3.8, 4) is 0 Å². The van der Waals surface area contributed by atoms with Crippen LogP contribution in [0.3, 0.4) is 0 Å². The maximum atomic E-state index is 4.01. The fourth-order valence-electron chi connectivity index (χ4n) is 2.28. The Morgan fingerprint density at radius 1 is 1.18 bits per heavy atom. The number of hydrogen-bond acceptors (Lipinski definition) is 1. The second-order valence-electron chi connectivity index (χ2n) is 5.18. The summed E-state index contributed by atoms with van der Waals surface area (Å²) in [7, 11) is 2.20. The zero-order chi connectivity index (χ0) is 12.3. The van der Waals surface area contributed by atoms with Gasteiger partial charge in [0, 0.05) is 12.6 Å². The minimum atomic E-state index is 0.661. The Balaban J connectivity index is 1.80. The molecule has 0 amide bonds. The molecule has 0 saturated heterocycles. The van der Waals surface area contributed by atoms with Crippen molar-refractivity contribution in [3.05, 3.63) is 47.5 Å². The Kier molecular flexibility index (Phi) is 4.01. The highest BCUT2D eigenvalue weighted by Crippen LogP contribution is 2.31. The first-order chi connectivity index (χ1) is 8.20. The summed E-state index contributed by atoms with van der Waals surface area (Å²) in [4.78, 5) is 2.42. The van der Waals surface area contributed by atoms with Gasteiger partial charge in [0.2, 0.25) is 0 Å². The summed E-state index contributed by atoms with van der Waals surface area (Å²) in [5.74, 6) is 0. The van der Waals surface area contributed by atoms with Crippen LogP contribution >= 0.6 is 0 Å². The normalized spacial score (nSPS) is 18.8. The quantitative estimate of drug-likeness (QED) is 0.675. The number of nitrogens with zero attached hydrogens (tertiary/aromatic N) is 1. The molecular formula is C16H23N. The van der Waals surface area contributed by atoms with Gasteiger partial charge in [0.15, 0.2) is 0 Å². The molecule has 1 aromatic rings. The van der Waals surface area contributed by atoms with Gasteiger partial charge in [-0.2, -0.15) is 0 Å². The van der Waals surface area contributed by atoms with Crippen LogP contribution in [0, 0.1) is 0 Å². The minimum Gasteiger partial charge on any atom is -0.299 e. The maximum absolute atomic E-state index is 4.01. The Morgan fingerprint density at radius 2 is 1.71 bits per heavy atom. The molecule has 1 aromatic carbocycles. The maximum Gasteiger partial charge on any atom is 0.0340 e. The van der Waals surface area contributed by atoms with E-state index in [0.29, 0.717) is 6.04 Å². The number of benzene rings is 1. The molecule has 0 radical (unpaired) electrons. The summed E-state index contributed by atoms with van der Waals surface area (Å²) in [6.45, 7) is 7.38. The lowest BCUT2D eigenvalue weighted by atomic mass is 10.1. The molecule has 1 atom stereocenters. The standard InChI is InChI=1S/C16H23N/c1-4-5-14-6-8-15(9-7-14)10-11-17(3)16-12-13(16)2/h6-9,16H,2,4-5,10-12H2,1,3H3. The molecular weight excluding hydrogens is 206 g/mol. The van der Waals surface area contributed by atoms with E-state index < -0.39 is 0 Å². The second-order valence-corrected chi connectivity index (χ2v) is 5.18. The lowest BCUT2D eigenvalue weighted by molar-refractivity contribution is 0.337. The smallest absolute Gasteiger partial charge is 0.0340 e. The summed E-state index contributed by atoms with van der Waals surface area (Å²) in [6.07, 6.45) is 4.77. The summed E-state index contributed by atoms with van der Waals surface area (Å²) in [5, 5.41) is 0. The van der Waals surface area contributed by atoms with Gasteiger partial charge >= 0.3 is 0 Å². The molecule has 0 N–H and O–H groups in total. The molecule has 0 heterocycles. The molecule has 1 heteroatoms. The first kappa shape index (κ1) is 12.4. The Morgan fingerprint density at radius 3 is 2.18 bits per heavy atom. The lowest BCUT2D eigenvalue weighted by Gasteiger charge is -2.15. The third-order valence-corrected chi connectivity index (χ3v) is 3.61. The Bertz CT molecular complexity index is 377. The second kappa shape index (κ2) is 5.50. The molecule has 0 aromatic heterocycles. The summed E-state index contributed by atoms with van der Waals surface area (Å²) >= 11 is 0. The molecule has 1 aliphatic rings. The van der Waals surface area contributed by atoms with E-state index in [9.17, 15) is 0 Å². The summed E-state index contributed by atoms with van der Waals surface area (Å²) in [5.41, 5.74) is 4.30.